The standard InChI is InChI=1S/C24H31NO6/c1-15(2)18-9-7-16(3)11-21(18)31-14-23(26)25-19(13-24(27)30-6)17-8-10-20(28-4)22(12-17)29-5/h7-12,15,19H,13-14H2,1-6H3,(H,25,26). The molecule has 0 saturated carbocycles. The van der Waals surface area contributed by atoms with Crippen molar-refractivity contribution in [2.45, 2.75) is 39.2 Å². The number of benzene rings is 2. The molecule has 2 aromatic carbocycles. The van der Waals surface area contributed by atoms with Crippen molar-refractivity contribution in [3.05, 3.63) is 53.1 Å². The van der Waals surface area contributed by atoms with Gasteiger partial charge in [-0.2, -0.15) is 0 Å². The van der Waals surface area contributed by atoms with Crippen molar-refractivity contribution >= 4 is 11.9 Å². The third kappa shape index (κ3) is 6.64. The summed E-state index contributed by atoms with van der Waals surface area (Å²) in [6.07, 6.45) is -0.0284. The number of hydrogen-bond donors (Lipinski definition) is 1. The van der Waals surface area contributed by atoms with Crippen LogP contribution in [0.5, 0.6) is 17.2 Å². The van der Waals surface area contributed by atoms with E-state index in [1.807, 2.05) is 25.1 Å². The Morgan fingerprint density at radius 1 is 0.935 bits per heavy atom. The Balaban J connectivity index is 2.17. The first-order valence-electron chi connectivity index (χ1n) is 10.1. The van der Waals surface area contributed by atoms with Crippen molar-refractivity contribution in [3.63, 3.8) is 0 Å². The molecule has 0 saturated heterocycles. The van der Waals surface area contributed by atoms with Gasteiger partial charge in [0.1, 0.15) is 5.75 Å². The van der Waals surface area contributed by atoms with Crippen molar-refractivity contribution in [3.8, 4) is 17.2 Å². The minimum atomic E-state index is -0.606. The maximum Gasteiger partial charge on any atom is 0.307 e. The van der Waals surface area contributed by atoms with Crippen LogP contribution in [-0.2, 0) is 14.3 Å². The molecule has 0 spiro atoms. The molecule has 31 heavy (non-hydrogen) atoms. The van der Waals surface area contributed by atoms with Crippen LogP contribution < -0.4 is 19.5 Å². The lowest BCUT2D eigenvalue weighted by Crippen LogP contribution is -2.34. The highest BCUT2D eigenvalue weighted by molar-refractivity contribution is 5.79. The third-order valence-corrected chi connectivity index (χ3v) is 4.89. The van der Waals surface area contributed by atoms with Crippen LogP contribution in [0.1, 0.15) is 48.9 Å². The molecular formula is C24H31NO6. The maximum absolute atomic E-state index is 12.7. The molecule has 7 nitrogen and oxygen atoms in total. The summed E-state index contributed by atoms with van der Waals surface area (Å²) in [6, 6.07) is 10.6. The van der Waals surface area contributed by atoms with Gasteiger partial charge in [0.25, 0.3) is 5.91 Å². The monoisotopic (exact) mass is 429 g/mol. The summed E-state index contributed by atoms with van der Waals surface area (Å²) in [7, 11) is 4.38. The number of carbonyl (C=O) groups excluding carboxylic acids is 2. The van der Waals surface area contributed by atoms with Crippen molar-refractivity contribution in [2.75, 3.05) is 27.9 Å². The van der Waals surface area contributed by atoms with Crippen LogP contribution in [0.3, 0.4) is 0 Å². The number of hydrogen-bond acceptors (Lipinski definition) is 6. The zero-order valence-electron chi connectivity index (χ0n) is 19.0. The summed E-state index contributed by atoms with van der Waals surface area (Å²) in [5, 5.41) is 2.86. The van der Waals surface area contributed by atoms with Gasteiger partial charge in [-0.05, 0) is 47.7 Å². The Morgan fingerprint density at radius 3 is 2.26 bits per heavy atom. The number of esters is 1. The van der Waals surface area contributed by atoms with Crippen molar-refractivity contribution < 1.29 is 28.5 Å². The summed E-state index contributed by atoms with van der Waals surface area (Å²) in [5.41, 5.74) is 2.77. The Morgan fingerprint density at radius 2 is 1.65 bits per heavy atom. The fraction of sp³-hybridized carbons (Fsp3) is 0.417. The van der Waals surface area contributed by atoms with E-state index >= 15 is 0 Å². The van der Waals surface area contributed by atoms with Gasteiger partial charge in [0.2, 0.25) is 0 Å². The minimum Gasteiger partial charge on any atom is -0.493 e. The van der Waals surface area contributed by atoms with E-state index in [9.17, 15) is 9.59 Å². The summed E-state index contributed by atoms with van der Waals surface area (Å²) in [4.78, 5) is 24.6. The van der Waals surface area contributed by atoms with E-state index in [-0.39, 0.29) is 24.9 Å². The van der Waals surface area contributed by atoms with Crippen LogP contribution in [0.4, 0.5) is 0 Å². The quantitative estimate of drug-likeness (QED) is 0.576. The van der Waals surface area contributed by atoms with Crippen molar-refractivity contribution in [1.82, 2.24) is 5.32 Å². The van der Waals surface area contributed by atoms with E-state index in [4.69, 9.17) is 18.9 Å². The number of aryl methyl sites for hydroxylation is 1. The van der Waals surface area contributed by atoms with Crippen LogP contribution in [0, 0.1) is 6.92 Å². The summed E-state index contributed by atoms with van der Waals surface area (Å²) in [6.45, 7) is 5.94. The van der Waals surface area contributed by atoms with Gasteiger partial charge in [0, 0.05) is 0 Å². The molecule has 2 aromatic rings. The van der Waals surface area contributed by atoms with E-state index in [0.29, 0.717) is 22.8 Å². The smallest absolute Gasteiger partial charge is 0.307 e. The predicted octanol–water partition coefficient (Wildman–Crippen LogP) is 3.94. The second-order valence-corrected chi connectivity index (χ2v) is 7.50. The highest BCUT2D eigenvalue weighted by atomic mass is 16.5. The maximum atomic E-state index is 12.7. The fourth-order valence-corrected chi connectivity index (χ4v) is 3.19. The molecule has 0 radical (unpaired) electrons. The van der Waals surface area contributed by atoms with Crippen LogP contribution in [0.15, 0.2) is 36.4 Å². The molecule has 1 amide bonds. The number of carbonyl (C=O) groups is 2. The first-order chi connectivity index (χ1) is 14.8. The molecule has 0 bridgehead atoms. The van der Waals surface area contributed by atoms with E-state index < -0.39 is 12.0 Å². The van der Waals surface area contributed by atoms with Crippen LogP contribution in [0.2, 0.25) is 0 Å². The molecule has 0 aliphatic carbocycles. The number of nitrogens with one attached hydrogen (secondary N) is 1. The highest BCUT2D eigenvalue weighted by Gasteiger charge is 2.21. The lowest BCUT2D eigenvalue weighted by molar-refractivity contribution is -0.141. The topological polar surface area (TPSA) is 83.1 Å². The molecule has 0 fully saturated rings. The zero-order valence-corrected chi connectivity index (χ0v) is 19.0. The molecule has 1 N–H and O–H groups in total. The van der Waals surface area contributed by atoms with Crippen LogP contribution in [-0.4, -0.2) is 39.8 Å². The van der Waals surface area contributed by atoms with Gasteiger partial charge in [0.15, 0.2) is 18.1 Å². The number of methoxy groups -OCH3 is 3. The molecule has 168 valence electrons. The molecular weight excluding hydrogens is 398 g/mol. The van der Waals surface area contributed by atoms with Crippen molar-refractivity contribution in [2.24, 2.45) is 0 Å². The lowest BCUT2D eigenvalue weighted by Gasteiger charge is -2.20. The minimum absolute atomic E-state index is 0.0284. The molecule has 0 heterocycles. The largest absolute Gasteiger partial charge is 0.493 e. The first kappa shape index (κ1) is 24.1. The average Bonchev–Trinajstić information content (AvgIpc) is 2.76. The average molecular weight is 430 g/mol. The van der Waals surface area contributed by atoms with E-state index in [0.717, 1.165) is 11.1 Å². The molecule has 0 aliphatic rings. The molecule has 0 aliphatic heterocycles. The number of ether oxygens (including phenoxy) is 4. The summed E-state index contributed by atoms with van der Waals surface area (Å²) in [5.74, 6) is 1.21. The first-order valence-corrected chi connectivity index (χ1v) is 10.1. The lowest BCUT2D eigenvalue weighted by atomic mass is 10.0. The van der Waals surface area contributed by atoms with Crippen molar-refractivity contribution in [1.29, 1.82) is 0 Å². The Hall–Kier alpha value is -3.22. The highest BCUT2D eigenvalue weighted by Crippen LogP contribution is 2.31. The molecule has 0 aromatic heterocycles. The van der Waals surface area contributed by atoms with Gasteiger partial charge < -0.3 is 24.3 Å². The van der Waals surface area contributed by atoms with Gasteiger partial charge in [0.05, 0.1) is 33.8 Å². The molecule has 1 atom stereocenters. The molecule has 7 heteroatoms. The molecule has 1 unspecified atom stereocenters. The van der Waals surface area contributed by atoms with Gasteiger partial charge in [-0.25, -0.2) is 0 Å². The number of rotatable bonds is 10. The predicted molar refractivity (Wildman–Crippen MR) is 118 cm³/mol. The normalized spacial score (nSPS) is 11.6. The Kier molecular flexibility index (Phi) is 8.73. The van der Waals surface area contributed by atoms with Crippen LogP contribution in [0.25, 0.3) is 0 Å². The van der Waals surface area contributed by atoms with E-state index in [2.05, 4.69) is 19.2 Å². The van der Waals surface area contributed by atoms with Gasteiger partial charge in [-0.15, -0.1) is 0 Å². The second kappa shape index (κ2) is 11.2. The van der Waals surface area contributed by atoms with E-state index in [1.165, 1.54) is 14.2 Å². The SMILES string of the molecule is COC(=O)CC(NC(=O)COc1cc(C)ccc1C(C)C)c1ccc(OC)c(OC)c1. The van der Waals surface area contributed by atoms with Crippen LogP contribution >= 0.6 is 0 Å². The second-order valence-electron chi connectivity index (χ2n) is 7.50. The Labute approximate surface area is 183 Å². The Bertz CT molecular complexity index is 909. The third-order valence-electron chi connectivity index (χ3n) is 4.89. The zero-order chi connectivity index (χ0) is 23.0. The molecule has 2 rings (SSSR count). The summed E-state index contributed by atoms with van der Waals surface area (Å²) < 4.78 is 21.2. The number of amides is 1. The van der Waals surface area contributed by atoms with Gasteiger partial charge in [-0.1, -0.05) is 32.0 Å². The van der Waals surface area contributed by atoms with Gasteiger partial charge >= 0.3 is 5.97 Å². The van der Waals surface area contributed by atoms with Gasteiger partial charge in [-0.3, -0.25) is 9.59 Å². The fourth-order valence-electron chi connectivity index (χ4n) is 3.19. The van der Waals surface area contributed by atoms with E-state index in [1.54, 1.807) is 25.3 Å². The summed E-state index contributed by atoms with van der Waals surface area (Å²) >= 11 is 0.